The molecule has 0 saturated heterocycles. The molecule has 4 nitrogen and oxygen atoms in total. The Labute approximate surface area is 127 Å². The summed E-state index contributed by atoms with van der Waals surface area (Å²) in [5, 5.41) is 12.8. The molecule has 0 heterocycles. The molecule has 4 saturated carbocycles. The van der Waals surface area contributed by atoms with Gasteiger partial charge in [0.2, 0.25) is 5.91 Å². The maximum absolute atomic E-state index is 12.8. The Kier molecular flexibility index (Phi) is 4.04. The van der Waals surface area contributed by atoms with E-state index in [9.17, 15) is 9.90 Å². The van der Waals surface area contributed by atoms with Crippen LogP contribution in [0.2, 0.25) is 0 Å². The third-order valence-electron chi connectivity index (χ3n) is 5.96. The summed E-state index contributed by atoms with van der Waals surface area (Å²) in [5.74, 6) is 1.77. The molecule has 4 aliphatic rings. The van der Waals surface area contributed by atoms with Gasteiger partial charge in [0.15, 0.2) is 0 Å². The Balaban J connectivity index is 1.57. The Bertz CT molecular complexity index is 395. The van der Waals surface area contributed by atoms with Gasteiger partial charge >= 0.3 is 0 Å². The van der Waals surface area contributed by atoms with Crippen LogP contribution in [0, 0.1) is 22.7 Å². The van der Waals surface area contributed by atoms with Crippen LogP contribution in [0.4, 0.5) is 0 Å². The average Bonchev–Trinajstić information content (AvgIpc) is 2.35. The first-order valence-corrected chi connectivity index (χ1v) is 8.40. The number of methoxy groups -OCH3 is 1. The number of hydrogen-bond donors (Lipinski definition) is 2. The van der Waals surface area contributed by atoms with Gasteiger partial charge in [-0.3, -0.25) is 4.79 Å². The van der Waals surface area contributed by atoms with E-state index in [2.05, 4.69) is 12.2 Å². The molecule has 2 N–H and O–H groups in total. The smallest absolute Gasteiger partial charge is 0.226 e. The van der Waals surface area contributed by atoms with Gasteiger partial charge in [-0.25, -0.2) is 0 Å². The topological polar surface area (TPSA) is 58.6 Å². The molecule has 4 aliphatic carbocycles. The minimum Gasteiger partial charge on any atom is -0.391 e. The lowest BCUT2D eigenvalue weighted by Gasteiger charge is -2.60. The van der Waals surface area contributed by atoms with Gasteiger partial charge in [-0.1, -0.05) is 6.92 Å². The minimum absolute atomic E-state index is 0.106. The Morgan fingerprint density at radius 3 is 2.57 bits per heavy atom. The molecule has 4 bridgehead atoms. The molecule has 120 valence electrons. The highest BCUT2D eigenvalue weighted by molar-refractivity contribution is 5.83. The molecule has 4 rings (SSSR count). The van der Waals surface area contributed by atoms with Crippen molar-refractivity contribution in [3.8, 4) is 0 Å². The van der Waals surface area contributed by atoms with Crippen molar-refractivity contribution in [1.82, 2.24) is 5.32 Å². The van der Waals surface area contributed by atoms with Crippen molar-refractivity contribution < 1.29 is 14.6 Å². The van der Waals surface area contributed by atoms with Gasteiger partial charge in [-0.15, -0.1) is 0 Å². The molecule has 0 aromatic carbocycles. The van der Waals surface area contributed by atoms with Gasteiger partial charge in [0.05, 0.1) is 18.1 Å². The number of ether oxygens (including phenoxy) is 1. The fourth-order valence-electron chi connectivity index (χ4n) is 5.80. The maximum atomic E-state index is 12.8. The zero-order chi connectivity index (χ0) is 15.1. The SMILES string of the molecule is COCC(O)CCNC(=O)C12CC3CC(CC(C)(C3)C1)C2. The Hall–Kier alpha value is -0.610. The summed E-state index contributed by atoms with van der Waals surface area (Å²) in [6, 6.07) is 0. The van der Waals surface area contributed by atoms with Gasteiger partial charge in [0.1, 0.15) is 0 Å². The first-order chi connectivity index (χ1) is 9.95. The van der Waals surface area contributed by atoms with Crippen LogP contribution in [0.3, 0.4) is 0 Å². The van der Waals surface area contributed by atoms with E-state index in [1.807, 2.05) is 0 Å². The van der Waals surface area contributed by atoms with Crippen molar-refractivity contribution in [3.05, 3.63) is 0 Å². The molecule has 4 fully saturated rings. The van der Waals surface area contributed by atoms with Crippen LogP contribution in [0.5, 0.6) is 0 Å². The van der Waals surface area contributed by atoms with Gasteiger partial charge in [0.25, 0.3) is 0 Å². The largest absolute Gasteiger partial charge is 0.391 e. The molecule has 0 radical (unpaired) electrons. The zero-order valence-corrected chi connectivity index (χ0v) is 13.4. The molecule has 1 amide bonds. The van der Waals surface area contributed by atoms with E-state index in [0.29, 0.717) is 25.0 Å². The molecule has 0 aliphatic heterocycles. The third-order valence-corrected chi connectivity index (χ3v) is 5.96. The highest BCUT2D eigenvalue weighted by Crippen LogP contribution is 2.65. The Morgan fingerprint density at radius 1 is 1.33 bits per heavy atom. The summed E-state index contributed by atoms with van der Waals surface area (Å²) in [7, 11) is 1.58. The molecule has 0 spiro atoms. The van der Waals surface area contributed by atoms with Crippen molar-refractivity contribution in [3.63, 3.8) is 0 Å². The number of aliphatic hydroxyl groups is 1. The normalized spacial score (nSPS) is 42.0. The highest BCUT2D eigenvalue weighted by atomic mass is 16.5. The van der Waals surface area contributed by atoms with E-state index in [4.69, 9.17) is 4.74 Å². The van der Waals surface area contributed by atoms with E-state index in [1.54, 1.807) is 7.11 Å². The van der Waals surface area contributed by atoms with Gasteiger partial charge in [-0.05, 0) is 62.2 Å². The quantitative estimate of drug-likeness (QED) is 0.789. The molecule has 0 aromatic heterocycles. The summed E-state index contributed by atoms with van der Waals surface area (Å²) in [6.07, 6.45) is 7.33. The van der Waals surface area contributed by atoms with E-state index in [1.165, 1.54) is 19.3 Å². The second-order valence-corrected chi connectivity index (χ2v) is 8.21. The fraction of sp³-hybridized carbons (Fsp3) is 0.941. The predicted molar refractivity (Wildman–Crippen MR) is 80.7 cm³/mol. The van der Waals surface area contributed by atoms with Gasteiger partial charge < -0.3 is 15.2 Å². The highest BCUT2D eigenvalue weighted by Gasteiger charge is 2.58. The first-order valence-electron chi connectivity index (χ1n) is 8.40. The van der Waals surface area contributed by atoms with Crippen molar-refractivity contribution in [2.45, 2.75) is 58.0 Å². The van der Waals surface area contributed by atoms with Crippen LogP contribution < -0.4 is 5.32 Å². The van der Waals surface area contributed by atoms with Gasteiger partial charge in [0, 0.05) is 13.7 Å². The third kappa shape index (κ3) is 2.98. The summed E-state index contributed by atoms with van der Waals surface area (Å²) in [6.45, 7) is 3.27. The number of aliphatic hydroxyl groups excluding tert-OH is 1. The van der Waals surface area contributed by atoms with E-state index < -0.39 is 6.10 Å². The van der Waals surface area contributed by atoms with E-state index in [0.717, 1.165) is 31.1 Å². The summed E-state index contributed by atoms with van der Waals surface area (Å²) >= 11 is 0. The average molecular weight is 295 g/mol. The van der Waals surface area contributed by atoms with E-state index in [-0.39, 0.29) is 11.3 Å². The van der Waals surface area contributed by atoms with Crippen molar-refractivity contribution in [1.29, 1.82) is 0 Å². The summed E-state index contributed by atoms with van der Waals surface area (Å²) in [4.78, 5) is 12.8. The molecule has 21 heavy (non-hydrogen) atoms. The van der Waals surface area contributed by atoms with Crippen molar-refractivity contribution in [2.75, 3.05) is 20.3 Å². The van der Waals surface area contributed by atoms with Crippen LogP contribution >= 0.6 is 0 Å². The monoisotopic (exact) mass is 295 g/mol. The minimum atomic E-state index is -0.482. The molecule has 3 atom stereocenters. The number of hydrogen-bond acceptors (Lipinski definition) is 3. The molecule has 4 heteroatoms. The number of amides is 1. The number of rotatable bonds is 6. The lowest BCUT2D eigenvalue weighted by atomic mass is 9.44. The standard InChI is InChI=1S/C17H29NO3/c1-16-6-12-5-13(7-16)9-17(8-12,11-16)15(20)18-4-3-14(19)10-21-2/h12-14,19H,3-11H2,1-2H3,(H,18,20). The molecule has 0 aromatic rings. The predicted octanol–water partition coefficient (Wildman–Crippen LogP) is 2.11. The van der Waals surface area contributed by atoms with Gasteiger partial charge in [-0.2, -0.15) is 0 Å². The zero-order valence-electron chi connectivity index (χ0n) is 13.4. The van der Waals surface area contributed by atoms with Crippen molar-refractivity contribution in [2.24, 2.45) is 22.7 Å². The molecular formula is C17H29NO3. The first kappa shape index (κ1) is 15.3. The Morgan fingerprint density at radius 2 is 2.00 bits per heavy atom. The lowest BCUT2D eigenvalue weighted by Crippen LogP contribution is -2.56. The van der Waals surface area contributed by atoms with E-state index >= 15 is 0 Å². The number of carbonyl (C=O) groups is 1. The maximum Gasteiger partial charge on any atom is 0.226 e. The van der Waals surface area contributed by atoms with Crippen LogP contribution in [-0.2, 0) is 9.53 Å². The fourth-order valence-corrected chi connectivity index (χ4v) is 5.80. The second-order valence-electron chi connectivity index (χ2n) is 8.21. The summed E-state index contributed by atoms with van der Waals surface area (Å²) < 4.78 is 4.91. The number of carbonyl (C=O) groups excluding carboxylic acids is 1. The van der Waals surface area contributed by atoms with Crippen LogP contribution in [-0.4, -0.2) is 37.4 Å². The lowest BCUT2D eigenvalue weighted by molar-refractivity contribution is -0.155. The molecule has 3 unspecified atom stereocenters. The summed E-state index contributed by atoms with van der Waals surface area (Å²) in [5.41, 5.74) is 0.294. The van der Waals surface area contributed by atoms with Crippen LogP contribution in [0.1, 0.15) is 51.9 Å². The number of nitrogens with one attached hydrogen (secondary N) is 1. The van der Waals surface area contributed by atoms with Crippen LogP contribution in [0.15, 0.2) is 0 Å². The second kappa shape index (κ2) is 5.54. The molecular weight excluding hydrogens is 266 g/mol. The van der Waals surface area contributed by atoms with Crippen LogP contribution in [0.25, 0.3) is 0 Å². The van der Waals surface area contributed by atoms with Crippen molar-refractivity contribution >= 4 is 5.91 Å².